The zero-order chi connectivity index (χ0) is 18.1. The van der Waals surface area contributed by atoms with Crippen molar-refractivity contribution in [2.24, 2.45) is 11.7 Å². The van der Waals surface area contributed by atoms with Gasteiger partial charge in [-0.25, -0.2) is 0 Å². The van der Waals surface area contributed by atoms with Crippen LogP contribution < -0.4 is 15.2 Å². The third-order valence-corrected chi connectivity index (χ3v) is 3.95. The van der Waals surface area contributed by atoms with Crippen molar-refractivity contribution in [3.05, 3.63) is 23.8 Å². The van der Waals surface area contributed by atoms with Gasteiger partial charge in [0.2, 0.25) is 0 Å². The highest BCUT2D eigenvalue weighted by molar-refractivity contribution is 5.94. The smallest absolute Gasteiger partial charge is 0.253 e. The number of benzene rings is 1. The first-order valence-electron chi connectivity index (χ1n) is 8.81. The molecule has 0 bridgehead atoms. The van der Waals surface area contributed by atoms with Crippen LogP contribution in [-0.2, 0) is 0 Å². The van der Waals surface area contributed by atoms with E-state index in [0.29, 0.717) is 42.7 Å². The summed E-state index contributed by atoms with van der Waals surface area (Å²) in [5, 5.41) is 0. The van der Waals surface area contributed by atoms with Crippen molar-refractivity contribution >= 4 is 18.3 Å². The molecule has 0 heterocycles. The lowest BCUT2D eigenvalue weighted by atomic mass is 10.0. The summed E-state index contributed by atoms with van der Waals surface area (Å²) in [5.41, 5.74) is 6.66. The number of hydrogen-bond acceptors (Lipinski definition) is 4. The second-order valence-electron chi connectivity index (χ2n) is 6.37. The average Bonchev–Trinajstić information content (AvgIpc) is 2.57. The summed E-state index contributed by atoms with van der Waals surface area (Å²) >= 11 is 0. The molecule has 0 fully saturated rings. The van der Waals surface area contributed by atoms with Gasteiger partial charge in [-0.3, -0.25) is 4.79 Å². The molecule has 1 aromatic carbocycles. The van der Waals surface area contributed by atoms with Crippen LogP contribution in [0, 0.1) is 5.92 Å². The first-order chi connectivity index (χ1) is 11.4. The van der Waals surface area contributed by atoms with E-state index >= 15 is 0 Å². The standard InChI is InChI=1S/C19H32N2O3.ClH/c1-6-12-24-17-9-8-15(13-18(17)23-7-2)19(22)21(5)11-10-16(20)14(3)4;/h8-9,13-14,16H,6-7,10-12,20H2,1-5H3;1H. The monoisotopic (exact) mass is 372 g/mol. The van der Waals surface area contributed by atoms with E-state index in [2.05, 4.69) is 20.8 Å². The predicted molar refractivity (Wildman–Crippen MR) is 105 cm³/mol. The zero-order valence-corrected chi connectivity index (χ0v) is 16.9. The lowest BCUT2D eigenvalue weighted by molar-refractivity contribution is 0.0788. The number of halogens is 1. The van der Waals surface area contributed by atoms with Gasteiger partial charge in [-0.05, 0) is 43.9 Å². The SMILES string of the molecule is CCCOc1ccc(C(=O)N(C)CCC(N)C(C)C)cc1OCC.Cl. The molecule has 0 radical (unpaired) electrons. The van der Waals surface area contributed by atoms with Crippen molar-refractivity contribution in [1.82, 2.24) is 4.90 Å². The van der Waals surface area contributed by atoms with Crippen LogP contribution in [0.4, 0.5) is 0 Å². The Morgan fingerprint density at radius 3 is 2.44 bits per heavy atom. The topological polar surface area (TPSA) is 64.8 Å². The second-order valence-corrected chi connectivity index (χ2v) is 6.37. The van der Waals surface area contributed by atoms with Crippen LogP contribution in [0.1, 0.15) is 50.9 Å². The highest BCUT2D eigenvalue weighted by atomic mass is 35.5. The van der Waals surface area contributed by atoms with Gasteiger partial charge in [-0.1, -0.05) is 20.8 Å². The fourth-order valence-electron chi connectivity index (χ4n) is 2.24. The van der Waals surface area contributed by atoms with Crippen molar-refractivity contribution in [2.75, 3.05) is 26.8 Å². The fraction of sp³-hybridized carbons (Fsp3) is 0.632. The van der Waals surface area contributed by atoms with Crippen molar-refractivity contribution in [2.45, 2.75) is 46.6 Å². The number of amides is 1. The molecule has 6 heteroatoms. The molecule has 2 N–H and O–H groups in total. The molecule has 1 unspecified atom stereocenters. The normalized spacial score (nSPS) is 11.6. The van der Waals surface area contributed by atoms with Crippen molar-refractivity contribution < 1.29 is 14.3 Å². The van der Waals surface area contributed by atoms with E-state index in [9.17, 15) is 4.79 Å². The Hall–Kier alpha value is -1.46. The van der Waals surface area contributed by atoms with Gasteiger partial charge >= 0.3 is 0 Å². The van der Waals surface area contributed by atoms with Crippen LogP contribution in [0.15, 0.2) is 18.2 Å². The van der Waals surface area contributed by atoms with Crippen LogP contribution >= 0.6 is 12.4 Å². The van der Waals surface area contributed by atoms with Crippen molar-refractivity contribution in [1.29, 1.82) is 0 Å². The van der Waals surface area contributed by atoms with Gasteiger partial charge in [0.05, 0.1) is 13.2 Å². The summed E-state index contributed by atoms with van der Waals surface area (Å²) < 4.78 is 11.3. The molecule has 0 aliphatic carbocycles. The third-order valence-electron chi connectivity index (χ3n) is 3.95. The molecule has 5 nitrogen and oxygen atoms in total. The Morgan fingerprint density at radius 1 is 1.20 bits per heavy atom. The molecule has 0 aliphatic rings. The van der Waals surface area contributed by atoms with E-state index in [-0.39, 0.29) is 24.4 Å². The highest BCUT2D eigenvalue weighted by Crippen LogP contribution is 2.29. The number of hydrogen-bond donors (Lipinski definition) is 1. The van der Waals surface area contributed by atoms with Gasteiger partial charge in [0, 0.05) is 25.2 Å². The van der Waals surface area contributed by atoms with Gasteiger partial charge in [0.1, 0.15) is 0 Å². The lowest BCUT2D eigenvalue weighted by Gasteiger charge is -2.22. The van der Waals surface area contributed by atoms with E-state index in [4.69, 9.17) is 15.2 Å². The van der Waals surface area contributed by atoms with E-state index in [1.165, 1.54) is 0 Å². The molecule has 1 aromatic rings. The van der Waals surface area contributed by atoms with E-state index < -0.39 is 0 Å². The van der Waals surface area contributed by atoms with Gasteiger partial charge in [0.15, 0.2) is 11.5 Å². The minimum Gasteiger partial charge on any atom is -0.490 e. The number of rotatable bonds is 10. The third kappa shape index (κ3) is 7.53. The number of carbonyl (C=O) groups excluding carboxylic acids is 1. The Morgan fingerprint density at radius 2 is 1.88 bits per heavy atom. The van der Waals surface area contributed by atoms with Crippen LogP contribution in [0.3, 0.4) is 0 Å². The quantitative estimate of drug-likeness (QED) is 0.679. The summed E-state index contributed by atoms with van der Waals surface area (Å²) in [5.74, 6) is 1.67. The fourth-order valence-corrected chi connectivity index (χ4v) is 2.24. The highest BCUT2D eigenvalue weighted by Gasteiger charge is 2.17. The van der Waals surface area contributed by atoms with Crippen LogP contribution in [-0.4, -0.2) is 43.7 Å². The minimum absolute atomic E-state index is 0. The van der Waals surface area contributed by atoms with E-state index in [0.717, 1.165) is 12.8 Å². The molecule has 0 spiro atoms. The molecule has 0 saturated heterocycles. The second kappa shape index (κ2) is 12.0. The van der Waals surface area contributed by atoms with Crippen LogP contribution in [0.5, 0.6) is 11.5 Å². The minimum atomic E-state index is -0.0334. The van der Waals surface area contributed by atoms with Crippen molar-refractivity contribution in [3.63, 3.8) is 0 Å². The Balaban J connectivity index is 0.00000576. The zero-order valence-electron chi connectivity index (χ0n) is 16.1. The Kier molecular flexibility index (Phi) is 11.3. The summed E-state index contributed by atoms with van der Waals surface area (Å²) in [6.07, 6.45) is 1.71. The number of carbonyl (C=O) groups is 1. The molecule has 0 saturated carbocycles. The van der Waals surface area contributed by atoms with Gasteiger partial charge in [-0.15, -0.1) is 12.4 Å². The number of nitrogens with two attached hydrogens (primary N) is 1. The molecule has 1 atom stereocenters. The van der Waals surface area contributed by atoms with E-state index in [1.807, 2.05) is 13.0 Å². The average molecular weight is 373 g/mol. The molecular weight excluding hydrogens is 340 g/mol. The lowest BCUT2D eigenvalue weighted by Crippen LogP contribution is -2.34. The molecule has 1 amide bonds. The molecule has 1 rings (SSSR count). The summed E-state index contributed by atoms with van der Waals surface area (Å²) in [7, 11) is 1.80. The Bertz CT molecular complexity index is 523. The molecule has 0 aromatic heterocycles. The largest absolute Gasteiger partial charge is 0.490 e. The molecule has 0 aliphatic heterocycles. The maximum Gasteiger partial charge on any atom is 0.253 e. The maximum atomic E-state index is 12.6. The molecule has 144 valence electrons. The Labute approximate surface area is 158 Å². The number of nitrogens with zero attached hydrogens (tertiary/aromatic N) is 1. The summed E-state index contributed by atoms with van der Waals surface area (Å²) in [6.45, 7) is 9.94. The maximum absolute atomic E-state index is 12.6. The van der Waals surface area contributed by atoms with Gasteiger partial charge in [0.25, 0.3) is 5.91 Å². The van der Waals surface area contributed by atoms with Gasteiger partial charge < -0.3 is 20.1 Å². The molecule has 25 heavy (non-hydrogen) atoms. The van der Waals surface area contributed by atoms with Crippen LogP contribution in [0.2, 0.25) is 0 Å². The van der Waals surface area contributed by atoms with Crippen LogP contribution in [0.25, 0.3) is 0 Å². The number of ether oxygens (including phenoxy) is 2. The van der Waals surface area contributed by atoms with Gasteiger partial charge in [-0.2, -0.15) is 0 Å². The first kappa shape index (κ1) is 23.5. The first-order valence-corrected chi connectivity index (χ1v) is 8.81. The van der Waals surface area contributed by atoms with E-state index in [1.54, 1.807) is 24.1 Å². The molecular formula is C19H33ClN2O3. The summed E-state index contributed by atoms with van der Waals surface area (Å²) in [4.78, 5) is 14.3. The summed E-state index contributed by atoms with van der Waals surface area (Å²) in [6, 6.07) is 5.45. The van der Waals surface area contributed by atoms with Crippen molar-refractivity contribution in [3.8, 4) is 11.5 Å². The predicted octanol–water partition coefficient (Wildman–Crippen LogP) is 3.74.